The van der Waals surface area contributed by atoms with Crippen molar-refractivity contribution >= 4 is 5.95 Å². The van der Waals surface area contributed by atoms with Gasteiger partial charge in [-0.15, -0.1) is 0 Å². The van der Waals surface area contributed by atoms with Crippen molar-refractivity contribution in [1.82, 2.24) is 14.9 Å². The summed E-state index contributed by atoms with van der Waals surface area (Å²) in [4.78, 5) is 14.4. The molecule has 1 saturated heterocycles. The molecule has 2 aromatic rings. The van der Waals surface area contributed by atoms with Gasteiger partial charge in [-0.2, -0.15) is 0 Å². The number of benzene rings is 1. The molecule has 3 aliphatic rings. The highest BCUT2D eigenvalue weighted by Crippen LogP contribution is 2.31. The highest BCUT2D eigenvalue weighted by atomic mass is 16.6. The predicted octanol–water partition coefficient (Wildman–Crippen LogP) is 3.04. The van der Waals surface area contributed by atoms with Gasteiger partial charge in [0.1, 0.15) is 13.2 Å². The second-order valence-electron chi connectivity index (χ2n) is 8.25. The molecule has 0 spiro atoms. The summed E-state index contributed by atoms with van der Waals surface area (Å²) in [7, 11) is 0. The van der Waals surface area contributed by atoms with Crippen molar-refractivity contribution in [3.63, 3.8) is 0 Å². The van der Waals surface area contributed by atoms with Gasteiger partial charge in [0, 0.05) is 50.9 Å². The number of aromatic nitrogens is 2. The minimum absolute atomic E-state index is 0.628. The Labute approximate surface area is 166 Å². The van der Waals surface area contributed by atoms with E-state index < -0.39 is 0 Å². The normalized spacial score (nSPS) is 20.1. The summed E-state index contributed by atoms with van der Waals surface area (Å²) < 4.78 is 11.3. The Morgan fingerprint density at radius 1 is 1.07 bits per heavy atom. The molecule has 1 aromatic carbocycles. The zero-order valence-corrected chi connectivity index (χ0v) is 16.6. The molecule has 0 bridgehead atoms. The van der Waals surface area contributed by atoms with E-state index in [-0.39, 0.29) is 0 Å². The molecule has 148 valence electrons. The van der Waals surface area contributed by atoms with Crippen LogP contribution in [0.15, 0.2) is 24.4 Å². The lowest BCUT2D eigenvalue weighted by atomic mass is 9.99. The summed E-state index contributed by atoms with van der Waals surface area (Å²) >= 11 is 0. The van der Waals surface area contributed by atoms with Gasteiger partial charge in [-0.25, -0.2) is 9.97 Å². The number of hydrogen-bond donors (Lipinski definition) is 0. The standard InChI is InChI=1S/C22H28N4O2/c1-16-4-8-26(9-5-16)22-23-13-18-15-25(7-6-19(18)24-22)14-17-2-3-20-21(12-17)28-11-10-27-20/h2-3,12-13,16H,4-11,14-15H2,1H3. The highest BCUT2D eigenvalue weighted by Gasteiger charge is 2.23. The molecule has 0 amide bonds. The van der Waals surface area contributed by atoms with E-state index in [1.165, 1.54) is 29.7 Å². The average Bonchev–Trinajstić information content (AvgIpc) is 2.74. The van der Waals surface area contributed by atoms with Crippen LogP contribution in [-0.4, -0.2) is 47.7 Å². The fourth-order valence-electron chi connectivity index (χ4n) is 4.30. The Morgan fingerprint density at radius 3 is 2.75 bits per heavy atom. The molecule has 0 N–H and O–H groups in total. The van der Waals surface area contributed by atoms with Crippen molar-refractivity contribution in [2.24, 2.45) is 5.92 Å². The van der Waals surface area contributed by atoms with Crippen molar-refractivity contribution in [2.45, 2.75) is 39.3 Å². The van der Waals surface area contributed by atoms with Crippen LogP contribution in [0.3, 0.4) is 0 Å². The van der Waals surface area contributed by atoms with Gasteiger partial charge in [0.2, 0.25) is 5.95 Å². The first-order chi connectivity index (χ1) is 13.7. The number of fused-ring (bicyclic) bond motifs is 2. The average molecular weight is 380 g/mol. The number of rotatable bonds is 3. The first-order valence-corrected chi connectivity index (χ1v) is 10.5. The molecule has 3 aliphatic heterocycles. The van der Waals surface area contributed by atoms with Crippen LogP contribution in [0, 0.1) is 5.92 Å². The minimum Gasteiger partial charge on any atom is -0.486 e. The lowest BCUT2D eigenvalue weighted by Gasteiger charge is -2.32. The summed E-state index contributed by atoms with van der Waals surface area (Å²) in [6, 6.07) is 6.28. The van der Waals surface area contributed by atoms with Gasteiger partial charge in [0.25, 0.3) is 0 Å². The molecular weight excluding hydrogens is 352 g/mol. The highest BCUT2D eigenvalue weighted by molar-refractivity contribution is 5.44. The molecule has 28 heavy (non-hydrogen) atoms. The van der Waals surface area contributed by atoms with E-state index in [0.29, 0.717) is 13.2 Å². The Morgan fingerprint density at radius 2 is 1.89 bits per heavy atom. The fraction of sp³-hybridized carbons (Fsp3) is 0.545. The zero-order chi connectivity index (χ0) is 18.9. The Hall–Kier alpha value is -2.34. The topological polar surface area (TPSA) is 50.7 Å². The molecule has 0 aliphatic carbocycles. The molecular formula is C22H28N4O2. The molecule has 0 unspecified atom stereocenters. The van der Waals surface area contributed by atoms with Gasteiger partial charge in [0.15, 0.2) is 11.5 Å². The van der Waals surface area contributed by atoms with E-state index in [9.17, 15) is 0 Å². The third-order valence-electron chi connectivity index (χ3n) is 6.08. The van der Waals surface area contributed by atoms with Crippen LogP contribution in [0.5, 0.6) is 11.5 Å². The van der Waals surface area contributed by atoms with Crippen molar-refractivity contribution < 1.29 is 9.47 Å². The second kappa shape index (κ2) is 7.59. The quantitative estimate of drug-likeness (QED) is 0.816. The molecule has 0 atom stereocenters. The van der Waals surface area contributed by atoms with Gasteiger partial charge in [-0.05, 0) is 36.5 Å². The maximum atomic E-state index is 5.72. The van der Waals surface area contributed by atoms with Gasteiger partial charge >= 0.3 is 0 Å². The number of hydrogen-bond acceptors (Lipinski definition) is 6. The smallest absolute Gasteiger partial charge is 0.225 e. The van der Waals surface area contributed by atoms with Gasteiger partial charge in [-0.3, -0.25) is 4.90 Å². The minimum atomic E-state index is 0.628. The predicted molar refractivity (Wildman–Crippen MR) is 108 cm³/mol. The number of nitrogens with zero attached hydrogens (tertiary/aromatic N) is 4. The van der Waals surface area contributed by atoms with Crippen LogP contribution in [0.25, 0.3) is 0 Å². The Balaban J connectivity index is 1.25. The summed E-state index contributed by atoms with van der Waals surface area (Å²) in [6.45, 7) is 8.59. The summed E-state index contributed by atoms with van der Waals surface area (Å²) in [5, 5.41) is 0. The van der Waals surface area contributed by atoms with E-state index in [4.69, 9.17) is 19.4 Å². The van der Waals surface area contributed by atoms with Crippen LogP contribution >= 0.6 is 0 Å². The second-order valence-corrected chi connectivity index (χ2v) is 8.25. The van der Waals surface area contributed by atoms with Crippen molar-refractivity contribution in [2.75, 3.05) is 37.7 Å². The van der Waals surface area contributed by atoms with Crippen LogP contribution in [0.1, 0.15) is 36.6 Å². The largest absolute Gasteiger partial charge is 0.486 e. The van der Waals surface area contributed by atoms with Gasteiger partial charge in [-0.1, -0.05) is 13.0 Å². The number of piperidine rings is 1. The van der Waals surface area contributed by atoms with Crippen molar-refractivity contribution in [1.29, 1.82) is 0 Å². The molecule has 6 heteroatoms. The van der Waals surface area contributed by atoms with E-state index in [1.54, 1.807) is 0 Å². The lowest BCUT2D eigenvalue weighted by molar-refractivity contribution is 0.171. The maximum Gasteiger partial charge on any atom is 0.225 e. The van der Waals surface area contributed by atoms with Crippen LogP contribution in [0.2, 0.25) is 0 Å². The maximum absolute atomic E-state index is 5.72. The first kappa shape index (κ1) is 17.7. The van der Waals surface area contributed by atoms with Gasteiger partial charge in [0.05, 0.1) is 5.69 Å². The summed E-state index contributed by atoms with van der Waals surface area (Å²) in [6.07, 6.45) is 5.51. The van der Waals surface area contributed by atoms with E-state index in [0.717, 1.165) is 62.5 Å². The molecule has 1 aromatic heterocycles. The molecule has 0 saturated carbocycles. The summed E-state index contributed by atoms with van der Waals surface area (Å²) in [5.41, 5.74) is 3.74. The summed E-state index contributed by atoms with van der Waals surface area (Å²) in [5.74, 6) is 3.46. The number of anilines is 1. The number of ether oxygens (including phenoxy) is 2. The SMILES string of the molecule is CC1CCN(c2ncc3c(n2)CCN(Cc2ccc4c(c2)OCCO4)C3)CC1. The van der Waals surface area contributed by atoms with E-state index in [2.05, 4.69) is 28.9 Å². The van der Waals surface area contributed by atoms with E-state index in [1.807, 2.05) is 12.3 Å². The third kappa shape index (κ3) is 3.65. The van der Waals surface area contributed by atoms with Crippen LogP contribution in [0.4, 0.5) is 5.95 Å². The molecule has 5 rings (SSSR count). The van der Waals surface area contributed by atoms with Crippen LogP contribution in [-0.2, 0) is 19.5 Å². The Bertz CT molecular complexity index is 848. The zero-order valence-electron chi connectivity index (χ0n) is 16.6. The van der Waals surface area contributed by atoms with Crippen molar-refractivity contribution in [3.8, 4) is 11.5 Å². The van der Waals surface area contributed by atoms with Crippen LogP contribution < -0.4 is 14.4 Å². The lowest BCUT2D eigenvalue weighted by Crippen LogP contribution is -2.35. The molecule has 0 radical (unpaired) electrons. The molecule has 1 fully saturated rings. The monoisotopic (exact) mass is 380 g/mol. The molecule has 4 heterocycles. The third-order valence-corrected chi connectivity index (χ3v) is 6.08. The van der Waals surface area contributed by atoms with E-state index >= 15 is 0 Å². The Kier molecular flexibility index (Phi) is 4.81. The fourth-order valence-corrected chi connectivity index (χ4v) is 4.30. The van der Waals surface area contributed by atoms with Gasteiger partial charge < -0.3 is 14.4 Å². The van der Waals surface area contributed by atoms with Crippen molar-refractivity contribution in [3.05, 3.63) is 41.2 Å². The first-order valence-electron chi connectivity index (χ1n) is 10.5. The molecule has 6 nitrogen and oxygen atoms in total.